The van der Waals surface area contributed by atoms with Crippen molar-refractivity contribution < 1.29 is 43.1 Å². The van der Waals surface area contributed by atoms with Gasteiger partial charge in [0.1, 0.15) is 42.0 Å². The van der Waals surface area contributed by atoms with Crippen molar-refractivity contribution in [3.63, 3.8) is 0 Å². The van der Waals surface area contributed by atoms with Crippen LogP contribution in [0.25, 0.3) is 21.7 Å². The maximum atomic E-state index is 15.2. The molecular formula is C59H75N11O9. The molecule has 0 saturated carbocycles. The van der Waals surface area contributed by atoms with Crippen LogP contribution in [-0.4, -0.2) is 125 Å². The molecule has 11 N–H and O–H groups in total. The fraction of sp³-hybridized carbons (Fsp3) is 0.441. The first kappa shape index (κ1) is 58.6. The molecule has 5 aromatic rings. The number of benzene rings is 4. The van der Waals surface area contributed by atoms with E-state index in [9.17, 15) is 24.0 Å². The molecule has 7 amide bonds. The molecular weight excluding hydrogens is 1010 g/mol. The van der Waals surface area contributed by atoms with Crippen LogP contribution in [0.4, 0.5) is 0 Å². The van der Waals surface area contributed by atoms with E-state index in [1.165, 1.54) is 11.8 Å². The van der Waals surface area contributed by atoms with Gasteiger partial charge in [-0.25, -0.2) is 0 Å². The Morgan fingerprint density at radius 3 is 2.22 bits per heavy atom. The number of Topliss-reactive ketones (excluding diaryl/α,β-unsaturated/α-hetero) is 1. The van der Waals surface area contributed by atoms with Gasteiger partial charge in [-0.05, 0) is 65.6 Å². The lowest BCUT2D eigenvalue weighted by Crippen LogP contribution is -2.60. The van der Waals surface area contributed by atoms with E-state index in [1.54, 1.807) is 6.20 Å². The SMILES string of the molecule is CCCC[C@H](NC(C)=O)C(=O)N[C@H]1CCCCC(=O)CCNC(=O)[C@H](Cc2c[nH]c3ccccc23)NC(=O)[C@H](CCCN=C(N)N)NC(=O)[C@@H](Cc2cccc3ccccc23)NC(=O)C2CC(OCc3ccccc3)CN2C1=O. The average molecular weight is 1080 g/mol. The van der Waals surface area contributed by atoms with Gasteiger partial charge >= 0.3 is 0 Å². The smallest absolute Gasteiger partial charge is 0.245 e. The molecule has 2 fully saturated rings. The number of aromatic amines is 1. The first-order chi connectivity index (χ1) is 38.2. The van der Waals surface area contributed by atoms with Gasteiger partial charge in [-0.15, -0.1) is 0 Å². The number of hydrogen-bond donors (Lipinski definition) is 9. The monoisotopic (exact) mass is 1080 g/mol. The highest BCUT2D eigenvalue weighted by atomic mass is 16.5. The number of nitrogens with two attached hydrogens (primary N) is 2. The van der Waals surface area contributed by atoms with Gasteiger partial charge in [0.2, 0.25) is 41.4 Å². The van der Waals surface area contributed by atoms with E-state index in [4.69, 9.17) is 16.2 Å². The van der Waals surface area contributed by atoms with Gasteiger partial charge in [0.15, 0.2) is 5.96 Å². The predicted octanol–water partition coefficient (Wildman–Crippen LogP) is 3.63. The number of nitrogens with one attached hydrogen (secondary N) is 7. The first-order valence-corrected chi connectivity index (χ1v) is 27.5. The number of H-pyrrole nitrogens is 1. The summed E-state index contributed by atoms with van der Waals surface area (Å²) in [5.41, 5.74) is 14.5. The number of amides is 7. The van der Waals surface area contributed by atoms with Crippen LogP contribution >= 0.6 is 0 Å². The summed E-state index contributed by atoms with van der Waals surface area (Å²) in [6, 6.07) is 23.1. The Morgan fingerprint density at radius 2 is 1.44 bits per heavy atom. The summed E-state index contributed by atoms with van der Waals surface area (Å²) in [5, 5.41) is 19.8. The molecule has 0 bridgehead atoms. The van der Waals surface area contributed by atoms with E-state index < -0.39 is 83.7 Å². The Kier molecular flexibility index (Phi) is 21.5. The Morgan fingerprint density at radius 1 is 0.759 bits per heavy atom. The van der Waals surface area contributed by atoms with Crippen LogP contribution in [0, 0.1) is 0 Å². The van der Waals surface area contributed by atoms with Crippen molar-refractivity contribution in [3.05, 3.63) is 120 Å². The lowest BCUT2D eigenvalue weighted by atomic mass is 9.97. The van der Waals surface area contributed by atoms with Crippen LogP contribution in [0.1, 0.15) is 101 Å². The van der Waals surface area contributed by atoms with E-state index in [0.717, 1.165) is 39.2 Å². The Hall–Kier alpha value is -8.13. The standard InChI is InChI=1S/C59H75N11O9/c1-3-4-24-47(65-37(2)71)54(74)67-49-26-12-9-21-42(72)28-30-62-53(73)50(32-41-34-64-46-25-13-11-23-45(41)46)68-55(75)48(27-15-29-63-59(60)61)66-56(76)51(31-40-20-14-19-39-18-8-10-22-44(39)40)69-57(77)52-33-43(35-70(52)58(49)78)79-36-38-16-6-5-7-17-38/h5-8,10-11,13-14,16-20,22-23,25,34,43,47-52,64H,3-4,9,12,15,21,24,26-33,35-36H2,1-2H3,(H,62,73)(H,65,71)(H,66,76)(H,67,74)(H,68,75)(H,69,77)(H4,60,61,63)/t43?,47-,48-,49-,50-,51+,52?/m0/s1. The van der Waals surface area contributed by atoms with E-state index in [0.29, 0.717) is 31.2 Å². The molecule has 20 nitrogen and oxygen atoms in total. The van der Waals surface area contributed by atoms with Gasteiger partial charge < -0.3 is 58.0 Å². The average Bonchev–Trinajstić information content (AvgIpc) is 4.18. The van der Waals surface area contributed by atoms with Crippen LogP contribution < -0.4 is 43.4 Å². The molecule has 3 heterocycles. The van der Waals surface area contributed by atoms with Crippen molar-refractivity contribution in [1.82, 2.24) is 41.8 Å². The number of aliphatic imine (C=N–C) groups is 1. The van der Waals surface area contributed by atoms with E-state index in [2.05, 4.69) is 41.9 Å². The summed E-state index contributed by atoms with van der Waals surface area (Å²) in [7, 11) is 0. The largest absolute Gasteiger partial charge is 0.372 e. The van der Waals surface area contributed by atoms with Crippen LogP contribution in [0.3, 0.4) is 0 Å². The van der Waals surface area contributed by atoms with Gasteiger partial charge in [-0.2, -0.15) is 0 Å². The van der Waals surface area contributed by atoms with E-state index in [1.807, 2.05) is 104 Å². The highest BCUT2D eigenvalue weighted by Crippen LogP contribution is 2.26. The van der Waals surface area contributed by atoms with Crippen LogP contribution in [0.15, 0.2) is 108 Å². The zero-order chi connectivity index (χ0) is 56.3. The van der Waals surface area contributed by atoms with Gasteiger partial charge in [0, 0.05) is 75.8 Å². The van der Waals surface area contributed by atoms with Gasteiger partial charge in [0.05, 0.1) is 12.7 Å². The molecule has 79 heavy (non-hydrogen) atoms. The number of fused-ring (bicyclic) bond motifs is 3. The molecule has 0 aliphatic carbocycles. The van der Waals surface area contributed by atoms with E-state index >= 15 is 14.4 Å². The summed E-state index contributed by atoms with van der Waals surface area (Å²) in [5.74, 6) is -4.54. The maximum Gasteiger partial charge on any atom is 0.245 e. The molecule has 0 radical (unpaired) electrons. The predicted molar refractivity (Wildman–Crippen MR) is 301 cm³/mol. The molecule has 7 rings (SSSR count). The van der Waals surface area contributed by atoms with Crippen molar-refractivity contribution >= 4 is 74.8 Å². The topological polar surface area (TPSA) is 301 Å². The summed E-state index contributed by atoms with van der Waals surface area (Å²) in [4.78, 5) is 123. The van der Waals surface area contributed by atoms with Crippen molar-refractivity contribution in [2.45, 2.75) is 146 Å². The zero-order valence-corrected chi connectivity index (χ0v) is 45.1. The summed E-state index contributed by atoms with van der Waals surface area (Å²) in [6.07, 6.45) is 3.90. The minimum Gasteiger partial charge on any atom is -0.372 e. The molecule has 1 aromatic heterocycles. The number of aromatic nitrogens is 1. The second kappa shape index (κ2) is 29.0. The van der Waals surface area contributed by atoms with Crippen molar-refractivity contribution in [3.8, 4) is 0 Å². The number of nitrogens with zero attached hydrogens (tertiary/aromatic N) is 2. The number of carbonyl (C=O) groups excluding carboxylic acids is 8. The third-order valence-corrected chi connectivity index (χ3v) is 14.5. The van der Waals surface area contributed by atoms with Gasteiger partial charge in [0.25, 0.3) is 0 Å². The summed E-state index contributed by atoms with van der Waals surface area (Å²) in [6.45, 7) is 3.49. The van der Waals surface area contributed by atoms with Gasteiger partial charge in [-0.3, -0.25) is 43.3 Å². The number of unbranched alkanes of at least 4 members (excludes halogenated alkanes) is 1. The lowest BCUT2D eigenvalue weighted by Gasteiger charge is -2.31. The molecule has 20 heteroatoms. The highest BCUT2D eigenvalue weighted by Gasteiger charge is 2.44. The third kappa shape index (κ3) is 16.9. The number of ether oxygens (including phenoxy) is 1. The molecule has 4 aromatic carbocycles. The Balaban J connectivity index is 1.26. The van der Waals surface area contributed by atoms with E-state index in [-0.39, 0.29) is 89.4 Å². The second-order valence-electron chi connectivity index (χ2n) is 20.5. The quantitative estimate of drug-likeness (QED) is 0.0368. The maximum absolute atomic E-state index is 15.2. The molecule has 2 aliphatic heterocycles. The molecule has 420 valence electrons. The Bertz CT molecular complexity index is 2950. The number of hydrogen-bond acceptors (Lipinski definition) is 10. The van der Waals surface area contributed by atoms with Crippen molar-refractivity contribution in [2.24, 2.45) is 16.5 Å². The fourth-order valence-electron chi connectivity index (χ4n) is 10.3. The minimum atomic E-state index is -1.33. The molecule has 2 unspecified atom stereocenters. The molecule has 0 spiro atoms. The number of para-hydroxylation sites is 1. The number of rotatable bonds is 17. The minimum absolute atomic E-state index is 0.0128. The molecule has 7 atom stereocenters. The van der Waals surface area contributed by atoms with Crippen LogP contribution in [0.2, 0.25) is 0 Å². The van der Waals surface area contributed by atoms with Crippen molar-refractivity contribution in [1.29, 1.82) is 0 Å². The number of guanidine groups is 1. The second-order valence-corrected chi connectivity index (χ2v) is 20.5. The highest BCUT2D eigenvalue weighted by molar-refractivity contribution is 5.98. The van der Waals surface area contributed by atoms with Crippen molar-refractivity contribution in [2.75, 3.05) is 19.6 Å². The lowest BCUT2D eigenvalue weighted by molar-refractivity contribution is -0.143. The zero-order valence-electron chi connectivity index (χ0n) is 45.1. The normalized spacial score (nSPS) is 21.6. The summed E-state index contributed by atoms with van der Waals surface area (Å²) < 4.78 is 6.39. The van der Waals surface area contributed by atoms with Crippen LogP contribution in [0.5, 0.6) is 0 Å². The van der Waals surface area contributed by atoms with Gasteiger partial charge in [-0.1, -0.05) is 117 Å². The summed E-state index contributed by atoms with van der Waals surface area (Å²) >= 11 is 0. The first-order valence-electron chi connectivity index (χ1n) is 27.5. The molecule has 2 aliphatic rings. The molecule has 2 saturated heterocycles. The Labute approximate surface area is 460 Å². The van der Waals surface area contributed by atoms with Crippen LogP contribution in [-0.2, 0) is 62.5 Å². The third-order valence-electron chi connectivity index (χ3n) is 14.5. The number of ketones is 1. The number of carbonyl (C=O) groups is 8. The fourth-order valence-corrected chi connectivity index (χ4v) is 10.3.